The van der Waals surface area contributed by atoms with Gasteiger partial charge in [-0.1, -0.05) is 26.0 Å². The minimum absolute atomic E-state index is 0. The molecule has 1 aromatic carbocycles. The number of rotatable bonds is 8. The number of carbonyl (C=O) groups is 1. The predicted octanol–water partition coefficient (Wildman–Crippen LogP) is 3.07. The first-order valence-electron chi connectivity index (χ1n) is 8.26. The van der Waals surface area contributed by atoms with E-state index in [4.69, 9.17) is 0 Å². The molecule has 1 atom stereocenters. The maximum absolute atomic E-state index is 11.6. The number of aromatic nitrogens is 2. The number of aliphatic carboxylic acids is 1. The van der Waals surface area contributed by atoms with Crippen LogP contribution in [0.1, 0.15) is 26.1 Å². The third-order valence-electron chi connectivity index (χ3n) is 3.75. The SMILES string of the molecule is CC(C)CC(Nc1nc(CCN(C)C)nc2ccccc12)C(=O)O.Cl. The number of nitrogens with zero attached hydrogens (tertiary/aromatic N) is 3. The largest absolute Gasteiger partial charge is 0.480 e. The average Bonchev–Trinajstić information content (AvgIpc) is 2.51. The molecule has 2 N–H and O–H groups in total. The Hall–Kier alpha value is -1.92. The lowest BCUT2D eigenvalue weighted by Crippen LogP contribution is -2.31. The fraction of sp³-hybridized carbons (Fsp3) is 0.500. The number of carboxylic acid groups (broad SMARTS) is 1. The van der Waals surface area contributed by atoms with Gasteiger partial charge < -0.3 is 15.3 Å². The van der Waals surface area contributed by atoms with Gasteiger partial charge in [0.15, 0.2) is 0 Å². The highest BCUT2D eigenvalue weighted by Crippen LogP contribution is 2.22. The van der Waals surface area contributed by atoms with Crippen LogP contribution in [0.2, 0.25) is 0 Å². The smallest absolute Gasteiger partial charge is 0.326 e. The lowest BCUT2D eigenvalue weighted by molar-refractivity contribution is -0.138. The zero-order valence-corrected chi connectivity index (χ0v) is 16.0. The van der Waals surface area contributed by atoms with E-state index in [9.17, 15) is 9.90 Å². The minimum atomic E-state index is -0.860. The number of hydrogen-bond acceptors (Lipinski definition) is 5. The summed E-state index contributed by atoms with van der Waals surface area (Å²) in [6.07, 6.45) is 1.26. The molecule has 138 valence electrons. The molecule has 2 rings (SSSR count). The normalized spacial score (nSPS) is 12.2. The quantitative estimate of drug-likeness (QED) is 0.747. The molecule has 1 heterocycles. The Kier molecular flexibility index (Phi) is 8.06. The van der Waals surface area contributed by atoms with Gasteiger partial charge in [0.2, 0.25) is 0 Å². The van der Waals surface area contributed by atoms with E-state index < -0.39 is 12.0 Å². The van der Waals surface area contributed by atoms with Crippen molar-refractivity contribution >= 4 is 35.1 Å². The van der Waals surface area contributed by atoms with Crippen LogP contribution in [0.4, 0.5) is 5.82 Å². The molecule has 0 amide bonds. The third-order valence-corrected chi connectivity index (χ3v) is 3.75. The van der Waals surface area contributed by atoms with Gasteiger partial charge in [-0.2, -0.15) is 0 Å². The van der Waals surface area contributed by atoms with Crippen molar-refractivity contribution < 1.29 is 9.90 Å². The van der Waals surface area contributed by atoms with Gasteiger partial charge >= 0.3 is 5.97 Å². The molecule has 2 aromatic rings. The van der Waals surface area contributed by atoms with Gasteiger partial charge in [0.25, 0.3) is 0 Å². The van der Waals surface area contributed by atoms with Gasteiger partial charge in [0, 0.05) is 18.4 Å². The van der Waals surface area contributed by atoms with Gasteiger partial charge in [-0.3, -0.25) is 0 Å². The summed E-state index contributed by atoms with van der Waals surface area (Å²) in [6, 6.07) is 7.03. The summed E-state index contributed by atoms with van der Waals surface area (Å²) >= 11 is 0. The second kappa shape index (κ2) is 9.53. The number of nitrogens with one attached hydrogen (secondary N) is 1. The van der Waals surface area contributed by atoms with Crippen LogP contribution < -0.4 is 5.32 Å². The monoisotopic (exact) mass is 366 g/mol. The lowest BCUT2D eigenvalue weighted by Gasteiger charge is -2.19. The lowest BCUT2D eigenvalue weighted by atomic mass is 10.0. The highest BCUT2D eigenvalue weighted by atomic mass is 35.5. The van der Waals surface area contributed by atoms with Gasteiger partial charge in [0.05, 0.1) is 5.52 Å². The molecule has 25 heavy (non-hydrogen) atoms. The number of carboxylic acids is 1. The average molecular weight is 367 g/mol. The molecule has 0 radical (unpaired) electrons. The Balaban J connectivity index is 0.00000312. The van der Waals surface area contributed by atoms with E-state index in [1.807, 2.05) is 52.2 Å². The van der Waals surface area contributed by atoms with Crippen LogP contribution in [0.5, 0.6) is 0 Å². The molecule has 0 aliphatic carbocycles. The zero-order chi connectivity index (χ0) is 17.7. The van der Waals surface area contributed by atoms with Crippen LogP contribution >= 0.6 is 12.4 Å². The van der Waals surface area contributed by atoms with E-state index in [2.05, 4.69) is 20.2 Å². The van der Waals surface area contributed by atoms with Crippen LogP contribution in [-0.4, -0.2) is 52.6 Å². The van der Waals surface area contributed by atoms with Crippen molar-refractivity contribution in [2.75, 3.05) is 26.0 Å². The molecule has 0 bridgehead atoms. The molecule has 0 fully saturated rings. The number of benzene rings is 1. The van der Waals surface area contributed by atoms with Gasteiger partial charge in [-0.25, -0.2) is 14.8 Å². The van der Waals surface area contributed by atoms with Crippen molar-refractivity contribution in [3.8, 4) is 0 Å². The second-order valence-electron chi connectivity index (χ2n) is 6.72. The summed E-state index contributed by atoms with van der Waals surface area (Å²) in [7, 11) is 4.01. The maximum Gasteiger partial charge on any atom is 0.326 e. The van der Waals surface area contributed by atoms with Crippen LogP contribution in [0, 0.1) is 5.92 Å². The summed E-state index contributed by atoms with van der Waals surface area (Å²) < 4.78 is 0. The molecule has 1 unspecified atom stereocenters. The predicted molar refractivity (Wildman–Crippen MR) is 104 cm³/mol. The van der Waals surface area contributed by atoms with E-state index in [1.54, 1.807) is 0 Å². The first-order valence-corrected chi connectivity index (χ1v) is 8.26. The first kappa shape index (κ1) is 21.1. The van der Waals surface area contributed by atoms with E-state index in [1.165, 1.54) is 0 Å². The second-order valence-corrected chi connectivity index (χ2v) is 6.72. The number of likely N-dealkylation sites (N-methyl/N-ethyl adjacent to an activating group) is 1. The standard InChI is InChI=1S/C18H26N4O2.ClH/c1-12(2)11-15(18(23)24)20-17-13-7-5-6-8-14(13)19-16(21-17)9-10-22(3)4;/h5-8,12,15H,9-11H2,1-4H3,(H,23,24)(H,19,20,21);1H. The van der Waals surface area contributed by atoms with Crippen molar-refractivity contribution in [1.29, 1.82) is 0 Å². The number of hydrogen-bond donors (Lipinski definition) is 2. The molecule has 0 aliphatic rings. The summed E-state index contributed by atoms with van der Waals surface area (Å²) in [5, 5.41) is 13.5. The van der Waals surface area contributed by atoms with E-state index in [0.29, 0.717) is 18.7 Å². The summed E-state index contributed by atoms with van der Waals surface area (Å²) in [5.74, 6) is 0.738. The fourth-order valence-corrected chi connectivity index (χ4v) is 2.53. The number of halogens is 1. The van der Waals surface area contributed by atoms with E-state index >= 15 is 0 Å². The summed E-state index contributed by atoms with van der Waals surface area (Å²) in [4.78, 5) is 22.8. The van der Waals surface area contributed by atoms with Gasteiger partial charge in [0.1, 0.15) is 17.7 Å². The van der Waals surface area contributed by atoms with Crippen LogP contribution in [0.15, 0.2) is 24.3 Å². The Morgan fingerprint density at radius 1 is 1.24 bits per heavy atom. The highest BCUT2D eigenvalue weighted by Gasteiger charge is 2.20. The molecule has 0 saturated carbocycles. The first-order chi connectivity index (χ1) is 11.4. The number of fused-ring (bicyclic) bond motifs is 1. The molecule has 1 aromatic heterocycles. The molecule has 0 saturated heterocycles. The minimum Gasteiger partial charge on any atom is -0.480 e. The highest BCUT2D eigenvalue weighted by molar-refractivity contribution is 5.90. The Labute approximate surface area is 155 Å². The topological polar surface area (TPSA) is 78.4 Å². The van der Waals surface area contributed by atoms with Crippen LogP contribution in [-0.2, 0) is 11.2 Å². The van der Waals surface area contributed by atoms with Gasteiger partial charge in [-0.05, 0) is 38.6 Å². The fourth-order valence-electron chi connectivity index (χ4n) is 2.53. The maximum atomic E-state index is 11.6. The van der Waals surface area contributed by atoms with Gasteiger partial charge in [-0.15, -0.1) is 12.4 Å². The molecular weight excluding hydrogens is 340 g/mol. The molecule has 7 heteroatoms. The number of para-hydroxylation sites is 1. The molecule has 0 spiro atoms. The third kappa shape index (κ3) is 6.14. The van der Waals surface area contributed by atoms with Crippen molar-refractivity contribution in [3.05, 3.63) is 30.1 Å². The zero-order valence-electron chi connectivity index (χ0n) is 15.2. The van der Waals surface area contributed by atoms with E-state index in [0.717, 1.165) is 23.3 Å². The van der Waals surface area contributed by atoms with Crippen LogP contribution in [0.25, 0.3) is 10.9 Å². The van der Waals surface area contributed by atoms with Crippen molar-refractivity contribution in [2.24, 2.45) is 5.92 Å². The summed E-state index contributed by atoms with van der Waals surface area (Å²) in [5.41, 5.74) is 0.831. The van der Waals surface area contributed by atoms with Crippen molar-refractivity contribution in [2.45, 2.75) is 32.7 Å². The van der Waals surface area contributed by atoms with Crippen molar-refractivity contribution in [1.82, 2.24) is 14.9 Å². The molecule has 0 aliphatic heterocycles. The molecule has 6 nitrogen and oxygen atoms in total. The Morgan fingerprint density at radius 3 is 2.52 bits per heavy atom. The Morgan fingerprint density at radius 2 is 1.92 bits per heavy atom. The Bertz CT molecular complexity index is 707. The summed E-state index contributed by atoms with van der Waals surface area (Å²) in [6.45, 7) is 4.86. The number of anilines is 1. The van der Waals surface area contributed by atoms with E-state index in [-0.39, 0.29) is 18.3 Å². The van der Waals surface area contributed by atoms with Crippen LogP contribution in [0.3, 0.4) is 0 Å². The van der Waals surface area contributed by atoms with Crippen molar-refractivity contribution in [3.63, 3.8) is 0 Å². The molecular formula is C18H27ClN4O2.